The Hall–Kier alpha value is -3.57. The van der Waals surface area contributed by atoms with Gasteiger partial charge in [-0.1, -0.05) is 50.8 Å². The second-order valence-corrected chi connectivity index (χ2v) is 9.30. The molecule has 0 bridgehead atoms. The van der Waals surface area contributed by atoms with Gasteiger partial charge in [-0.05, 0) is 25.1 Å². The molecule has 0 radical (unpaired) electrons. The van der Waals surface area contributed by atoms with Crippen LogP contribution >= 0.6 is 0 Å². The average Bonchev–Trinajstić information content (AvgIpc) is 2.84. The third-order valence-electron chi connectivity index (χ3n) is 5.85. The number of fused-ring (bicyclic) bond motifs is 1. The number of carbonyl (C=O) groups is 2. The first kappa shape index (κ1) is 26.0. The summed E-state index contributed by atoms with van der Waals surface area (Å²) in [6, 6.07) is 10.3. The van der Waals surface area contributed by atoms with E-state index < -0.39 is 6.10 Å². The minimum atomic E-state index is -0.429. The molecule has 3 rings (SSSR count). The molecule has 8 heteroatoms. The summed E-state index contributed by atoms with van der Waals surface area (Å²) in [5, 5.41) is 12.7. The van der Waals surface area contributed by atoms with E-state index >= 15 is 0 Å². The molecule has 0 saturated carbocycles. The standard InChI is InChI=1S/C27H34N4O4/c1-18(2)11-12-21-13-23-25(28-14-21)35-24(19(3)15-31(26(23)33)20(4)17-32)16-30(5)27(34)29-22-9-7-6-8-10-22/h6-10,13-14,18-20,24,32H,15-17H2,1-5H3,(H,29,34)/t19-,20-,24-/m0/s1. The Morgan fingerprint density at radius 2 is 2.03 bits per heavy atom. The van der Waals surface area contributed by atoms with Crippen molar-refractivity contribution in [1.29, 1.82) is 0 Å². The summed E-state index contributed by atoms with van der Waals surface area (Å²) < 4.78 is 6.24. The van der Waals surface area contributed by atoms with Crippen LogP contribution in [0.15, 0.2) is 42.6 Å². The quantitative estimate of drug-likeness (QED) is 0.642. The smallest absolute Gasteiger partial charge is 0.321 e. The molecule has 1 aromatic heterocycles. The lowest BCUT2D eigenvalue weighted by molar-refractivity contribution is 0.0356. The number of para-hydroxylation sites is 1. The van der Waals surface area contributed by atoms with Gasteiger partial charge in [0, 0.05) is 42.9 Å². The van der Waals surface area contributed by atoms with Gasteiger partial charge < -0.3 is 25.0 Å². The van der Waals surface area contributed by atoms with Gasteiger partial charge in [0.15, 0.2) is 0 Å². The van der Waals surface area contributed by atoms with Crippen molar-refractivity contribution in [2.24, 2.45) is 11.8 Å². The van der Waals surface area contributed by atoms with Crippen LogP contribution in [0.3, 0.4) is 0 Å². The lowest BCUT2D eigenvalue weighted by atomic mass is 10.00. The molecule has 1 aromatic carbocycles. The number of pyridine rings is 1. The van der Waals surface area contributed by atoms with Crippen molar-refractivity contribution in [3.05, 3.63) is 53.7 Å². The average molecular weight is 479 g/mol. The van der Waals surface area contributed by atoms with E-state index in [-0.39, 0.29) is 48.8 Å². The van der Waals surface area contributed by atoms with Crippen molar-refractivity contribution in [3.63, 3.8) is 0 Å². The van der Waals surface area contributed by atoms with Crippen LogP contribution in [0.2, 0.25) is 0 Å². The fraction of sp³-hybridized carbons (Fsp3) is 0.444. The molecule has 2 aromatic rings. The molecule has 1 aliphatic heterocycles. The van der Waals surface area contributed by atoms with Gasteiger partial charge in [-0.15, -0.1) is 0 Å². The van der Waals surface area contributed by atoms with Crippen molar-refractivity contribution in [2.45, 2.75) is 39.8 Å². The number of nitrogens with one attached hydrogen (secondary N) is 1. The van der Waals surface area contributed by atoms with Crippen molar-refractivity contribution in [2.75, 3.05) is 32.1 Å². The Bertz CT molecular complexity index is 1090. The summed E-state index contributed by atoms with van der Waals surface area (Å²) in [6.45, 7) is 8.22. The highest BCUT2D eigenvalue weighted by Gasteiger charge is 2.34. The molecule has 186 valence electrons. The van der Waals surface area contributed by atoms with E-state index in [1.165, 1.54) is 0 Å². The number of carbonyl (C=O) groups excluding carboxylic acids is 2. The zero-order valence-electron chi connectivity index (χ0n) is 21.0. The van der Waals surface area contributed by atoms with E-state index in [0.717, 1.165) is 0 Å². The van der Waals surface area contributed by atoms with Crippen molar-refractivity contribution in [3.8, 4) is 17.7 Å². The number of benzene rings is 1. The molecule has 0 unspecified atom stereocenters. The molecule has 1 aliphatic rings. The number of nitrogens with zero attached hydrogens (tertiary/aromatic N) is 3. The van der Waals surface area contributed by atoms with Gasteiger partial charge in [-0.2, -0.15) is 0 Å². The third-order valence-corrected chi connectivity index (χ3v) is 5.85. The molecule has 8 nitrogen and oxygen atoms in total. The fourth-order valence-corrected chi connectivity index (χ4v) is 3.71. The van der Waals surface area contributed by atoms with Crippen LogP contribution in [0.4, 0.5) is 10.5 Å². The maximum atomic E-state index is 13.4. The van der Waals surface area contributed by atoms with Crippen LogP contribution in [0.1, 0.15) is 43.6 Å². The van der Waals surface area contributed by atoms with Crippen LogP contribution in [0, 0.1) is 23.7 Å². The normalized spacial score (nSPS) is 18.4. The number of aromatic nitrogens is 1. The summed E-state index contributed by atoms with van der Waals surface area (Å²) in [6.07, 6.45) is 1.16. The number of rotatable bonds is 5. The van der Waals surface area contributed by atoms with Gasteiger partial charge >= 0.3 is 6.03 Å². The number of likely N-dealkylation sites (N-methyl/N-ethyl adjacent to an activating group) is 1. The van der Waals surface area contributed by atoms with Gasteiger partial charge in [-0.3, -0.25) is 4.79 Å². The van der Waals surface area contributed by atoms with Crippen molar-refractivity contribution >= 4 is 17.6 Å². The summed E-state index contributed by atoms with van der Waals surface area (Å²) >= 11 is 0. The second kappa shape index (κ2) is 11.7. The molecular formula is C27H34N4O4. The van der Waals surface area contributed by atoms with Crippen LogP contribution in [0.25, 0.3) is 0 Å². The Kier molecular flexibility index (Phi) is 8.72. The van der Waals surface area contributed by atoms with E-state index in [0.29, 0.717) is 23.4 Å². The zero-order valence-corrected chi connectivity index (χ0v) is 21.0. The minimum Gasteiger partial charge on any atom is -0.472 e. The van der Waals surface area contributed by atoms with Gasteiger partial charge in [0.2, 0.25) is 5.88 Å². The lowest BCUT2D eigenvalue weighted by Crippen LogP contribution is -2.50. The van der Waals surface area contributed by atoms with E-state index in [2.05, 4.69) is 22.1 Å². The number of ether oxygens (including phenoxy) is 1. The predicted octanol–water partition coefficient (Wildman–Crippen LogP) is 3.47. The summed E-state index contributed by atoms with van der Waals surface area (Å²) in [4.78, 5) is 33.8. The number of aliphatic hydroxyl groups is 1. The molecule has 3 atom stereocenters. The predicted molar refractivity (Wildman–Crippen MR) is 135 cm³/mol. The molecule has 2 N–H and O–H groups in total. The molecule has 35 heavy (non-hydrogen) atoms. The van der Waals surface area contributed by atoms with Crippen LogP contribution < -0.4 is 10.1 Å². The van der Waals surface area contributed by atoms with E-state index in [1.807, 2.05) is 51.1 Å². The largest absolute Gasteiger partial charge is 0.472 e. The number of anilines is 1. The number of amides is 3. The van der Waals surface area contributed by atoms with E-state index in [1.54, 1.807) is 36.0 Å². The van der Waals surface area contributed by atoms with Gasteiger partial charge in [0.1, 0.15) is 11.7 Å². The fourth-order valence-electron chi connectivity index (χ4n) is 3.71. The number of aliphatic hydroxyl groups excluding tert-OH is 1. The van der Waals surface area contributed by atoms with Gasteiger partial charge in [0.25, 0.3) is 5.91 Å². The van der Waals surface area contributed by atoms with Crippen LogP contribution in [-0.4, -0.2) is 70.7 Å². The molecule has 0 fully saturated rings. The van der Waals surface area contributed by atoms with Gasteiger partial charge in [0.05, 0.1) is 19.2 Å². The highest BCUT2D eigenvalue weighted by Crippen LogP contribution is 2.27. The highest BCUT2D eigenvalue weighted by atomic mass is 16.5. The van der Waals surface area contributed by atoms with Gasteiger partial charge in [-0.25, -0.2) is 9.78 Å². The Labute approximate surface area is 207 Å². The van der Waals surface area contributed by atoms with E-state index in [9.17, 15) is 14.7 Å². The van der Waals surface area contributed by atoms with Crippen LogP contribution in [-0.2, 0) is 0 Å². The maximum absolute atomic E-state index is 13.4. The van der Waals surface area contributed by atoms with E-state index in [4.69, 9.17) is 4.74 Å². The Morgan fingerprint density at radius 1 is 1.31 bits per heavy atom. The third kappa shape index (κ3) is 6.74. The zero-order chi connectivity index (χ0) is 25.5. The monoisotopic (exact) mass is 478 g/mol. The topological polar surface area (TPSA) is 95.0 Å². The lowest BCUT2D eigenvalue weighted by Gasteiger charge is -2.37. The molecule has 0 spiro atoms. The molecule has 3 amide bonds. The SMILES string of the molecule is CC(C)C#Cc1cnc2c(c1)C(=O)N([C@@H](C)CO)C[C@H](C)[C@H](CN(C)C(=O)Nc1ccccc1)O2. The number of hydrogen-bond acceptors (Lipinski definition) is 5. The molecular weight excluding hydrogens is 444 g/mol. The first-order valence-electron chi connectivity index (χ1n) is 11.9. The first-order chi connectivity index (χ1) is 16.7. The summed E-state index contributed by atoms with van der Waals surface area (Å²) in [7, 11) is 1.70. The Morgan fingerprint density at radius 3 is 2.69 bits per heavy atom. The van der Waals surface area contributed by atoms with Crippen LogP contribution in [0.5, 0.6) is 5.88 Å². The van der Waals surface area contributed by atoms with Crippen molar-refractivity contribution in [1.82, 2.24) is 14.8 Å². The second-order valence-electron chi connectivity index (χ2n) is 9.30. The molecule has 2 heterocycles. The Balaban J connectivity index is 1.89. The summed E-state index contributed by atoms with van der Waals surface area (Å²) in [5.74, 6) is 6.12. The minimum absolute atomic E-state index is 0.129. The molecule has 0 aliphatic carbocycles. The maximum Gasteiger partial charge on any atom is 0.321 e. The highest BCUT2D eigenvalue weighted by molar-refractivity contribution is 5.97. The number of urea groups is 1. The first-order valence-corrected chi connectivity index (χ1v) is 11.9. The van der Waals surface area contributed by atoms with Crippen molar-refractivity contribution < 1.29 is 19.4 Å². The molecule has 0 saturated heterocycles. The number of hydrogen-bond donors (Lipinski definition) is 2. The summed E-state index contributed by atoms with van der Waals surface area (Å²) in [5.41, 5.74) is 1.62.